The summed E-state index contributed by atoms with van der Waals surface area (Å²) in [6.07, 6.45) is 0. The first kappa shape index (κ1) is 15.5. The summed E-state index contributed by atoms with van der Waals surface area (Å²) < 4.78 is 0. The van der Waals surface area contributed by atoms with E-state index >= 15 is 0 Å². The molecule has 1 unspecified atom stereocenters. The zero-order valence-electron chi connectivity index (χ0n) is 12.1. The molecule has 0 bridgehead atoms. The average molecular weight is 303 g/mol. The molecule has 110 valence electrons. The molecular weight excluding hydrogens is 284 g/mol. The fraction of sp³-hybridized carbons (Fsp3) is 0.235. The third-order valence-corrected chi connectivity index (χ3v) is 3.52. The van der Waals surface area contributed by atoms with Gasteiger partial charge in [-0.2, -0.15) is 0 Å². The fourth-order valence-electron chi connectivity index (χ4n) is 2.09. The summed E-state index contributed by atoms with van der Waals surface area (Å²) in [6.45, 7) is 3.86. The molecule has 1 amide bonds. The molecule has 0 aliphatic heterocycles. The summed E-state index contributed by atoms with van der Waals surface area (Å²) in [6, 6.07) is 16.8. The molecule has 3 nitrogen and oxygen atoms in total. The zero-order chi connectivity index (χ0) is 15.2. The van der Waals surface area contributed by atoms with Crippen LogP contribution in [0.15, 0.2) is 54.6 Å². The number of rotatable bonds is 5. The van der Waals surface area contributed by atoms with Crippen LogP contribution in [0.2, 0.25) is 5.02 Å². The van der Waals surface area contributed by atoms with Gasteiger partial charge in [-0.3, -0.25) is 10.1 Å². The third kappa shape index (κ3) is 4.59. The van der Waals surface area contributed by atoms with Crippen molar-refractivity contribution in [3.8, 4) is 0 Å². The highest BCUT2D eigenvalue weighted by molar-refractivity contribution is 6.30. The number of anilines is 1. The molecule has 0 heterocycles. The number of benzene rings is 2. The van der Waals surface area contributed by atoms with Gasteiger partial charge in [-0.15, -0.1) is 0 Å². The van der Waals surface area contributed by atoms with E-state index in [-0.39, 0.29) is 18.0 Å². The minimum absolute atomic E-state index is 0.0419. The van der Waals surface area contributed by atoms with Gasteiger partial charge in [0.25, 0.3) is 0 Å². The highest BCUT2D eigenvalue weighted by Gasteiger charge is 2.16. The van der Waals surface area contributed by atoms with Gasteiger partial charge >= 0.3 is 0 Å². The van der Waals surface area contributed by atoms with Crippen LogP contribution in [0.5, 0.6) is 0 Å². The minimum Gasteiger partial charge on any atom is -0.325 e. The Morgan fingerprint density at radius 2 is 1.76 bits per heavy atom. The number of halogens is 1. The van der Waals surface area contributed by atoms with Crippen molar-refractivity contribution in [2.24, 2.45) is 0 Å². The van der Waals surface area contributed by atoms with Crippen molar-refractivity contribution in [3.05, 3.63) is 65.2 Å². The van der Waals surface area contributed by atoms with Crippen LogP contribution in [0.25, 0.3) is 0 Å². The van der Waals surface area contributed by atoms with Crippen LogP contribution in [0.4, 0.5) is 5.69 Å². The van der Waals surface area contributed by atoms with E-state index in [0.717, 1.165) is 11.3 Å². The molecule has 0 fully saturated rings. The summed E-state index contributed by atoms with van der Waals surface area (Å²) in [5.74, 6) is -0.0601. The van der Waals surface area contributed by atoms with E-state index in [0.29, 0.717) is 5.02 Å². The molecule has 2 atom stereocenters. The Bertz CT molecular complexity index is 601. The predicted octanol–water partition coefficient (Wildman–Crippen LogP) is 4.02. The van der Waals surface area contributed by atoms with Gasteiger partial charge in [0.05, 0.1) is 6.04 Å². The van der Waals surface area contributed by atoms with Crippen molar-refractivity contribution in [1.29, 1.82) is 0 Å². The van der Waals surface area contributed by atoms with Gasteiger partial charge in [0.1, 0.15) is 0 Å². The Kier molecular flexibility index (Phi) is 5.37. The number of hydrogen-bond acceptors (Lipinski definition) is 2. The quantitative estimate of drug-likeness (QED) is 0.876. The Morgan fingerprint density at radius 3 is 2.43 bits per heavy atom. The summed E-state index contributed by atoms with van der Waals surface area (Å²) >= 11 is 5.99. The maximum absolute atomic E-state index is 12.1. The summed E-state index contributed by atoms with van der Waals surface area (Å²) in [5, 5.41) is 6.85. The van der Waals surface area contributed by atoms with Crippen molar-refractivity contribution >= 4 is 23.2 Å². The minimum atomic E-state index is -0.306. The lowest BCUT2D eigenvalue weighted by Gasteiger charge is -2.20. The van der Waals surface area contributed by atoms with Crippen LogP contribution in [-0.4, -0.2) is 11.9 Å². The molecule has 4 heteroatoms. The maximum atomic E-state index is 12.1. The van der Waals surface area contributed by atoms with Crippen LogP contribution >= 0.6 is 11.6 Å². The molecule has 2 N–H and O–H groups in total. The van der Waals surface area contributed by atoms with Gasteiger partial charge in [0, 0.05) is 16.8 Å². The summed E-state index contributed by atoms with van der Waals surface area (Å²) in [5.41, 5.74) is 1.86. The summed E-state index contributed by atoms with van der Waals surface area (Å²) in [4.78, 5) is 12.1. The molecule has 2 aromatic carbocycles. The molecule has 0 aliphatic carbocycles. The molecule has 0 spiro atoms. The van der Waals surface area contributed by atoms with Gasteiger partial charge in [0.2, 0.25) is 5.91 Å². The monoisotopic (exact) mass is 302 g/mol. The normalized spacial score (nSPS) is 13.5. The first-order valence-corrected chi connectivity index (χ1v) is 7.31. The van der Waals surface area contributed by atoms with E-state index in [4.69, 9.17) is 11.6 Å². The second-order valence-electron chi connectivity index (χ2n) is 5.02. The molecule has 0 radical (unpaired) electrons. The molecule has 0 saturated carbocycles. The van der Waals surface area contributed by atoms with E-state index in [1.54, 1.807) is 0 Å². The van der Waals surface area contributed by atoms with Gasteiger partial charge in [-0.1, -0.05) is 41.9 Å². The number of amides is 1. The molecule has 2 aromatic rings. The van der Waals surface area contributed by atoms with Crippen molar-refractivity contribution in [2.75, 3.05) is 5.32 Å². The number of nitrogens with one attached hydrogen (secondary N) is 2. The molecule has 0 saturated heterocycles. The Hall–Kier alpha value is -1.84. The first-order valence-electron chi connectivity index (χ1n) is 6.93. The zero-order valence-corrected chi connectivity index (χ0v) is 12.9. The van der Waals surface area contributed by atoms with E-state index in [1.807, 2.05) is 68.4 Å². The highest BCUT2D eigenvalue weighted by atomic mass is 35.5. The molecule has 0 aliphatic rings. The van der Waals surface area contributed by atoms with Crippen molar-refractivity contribution in [3.63, 3.8) is 0 Å². The second-order valence-corrected chi connectivity index (χ2v) is 5.46. The van der Waals surface area contributed by atoms with Gasteiger partial charge < -0.3 is 5.32 Å². The Labute approximate surface area is 130 Å². The van der Waals surface area contributed by atoms with Crippen LogP contribution < -0.4 is 10.6 Å². The largest absolute Gasteiger partial charge is 0.325 e. The summed E-state index contributed by atoms with van der Waals surface area (Å²) in [7, 11) is 0. The lowest BCUT2D eigenvalue weighted by Crippen LogP contribution is -2.39. The van der Waals surface area contributed by atoms with Crippen LogP contribution in [0, 0.1) is 0 Å². The average Bonchev–Trinajstić information content (AvgIpc) is 2.48. The topological polar surface area (TPSA) is 41.1 Å². The number of hydrogen-bond donors (Lipinski definition) is 2. The Balaban J connectivity index is 1.94. The SMILES string of the molecule is CC(N[C@@H](C)c1cccc(Cl)c1)C(=O)Nc1ccccc1. The van der Waals surface area contributed by atoms with Crippen molar-refractivity contribution in [2.45, 2.75) is 25.9 Å². The Morgan fingerprint density at radius 1 is 1.05 bits per heavy atom. The van der Waals surface area contributed by atoms with Crippen LogP contribution in [-0.2, 0) is 4.79 Å². The molecule has 21 heavy (non-hydrogen) atoms. The van der Waals surface area contributed by atoms with E-state index in [1.165, 1.54) is 0 Å². The molecule has 0 aromatic heterocycles. The van der Waals surface area contributed by atoms with Gasteiger partial charge in [-0.25, -0.2) is 0 Å². The van der Waals surface area contributed by atoms with Crippen molar-refractivity contribution in [1.82, 2.24) is 5.32 Å². The van der Waals surface area contributed by atoms with E-state index < -0.39 is 0 Å². The van der Waals surface area contributed by atoms with E-state index in [2.05, 4.69) is 10.6 Å². The standard InChI is InChI=1S/C17H19ClN2O/c1-12(14-7-6-8-15(18)11-14)19-13(2)17(21)20-16-9-4-3-5-10-16/h3-13,19H,1-2H3,(H,20,21)/t12-,13?/m0/s1. The number of para-hydroxylation sites is 1. The number of carbonyl (C=O) groups is 1. The lowest BCUT2D eigenvalue weighted by atomic mass is 10.1. The molecule has 2 rings (SSSR count). The lowest BCUT2D eigenvalue weighted by molar-refractivity contribution is -0.117. The number of carbonyl (C=O) groups excluding carboxylic acids is 1. The second kappa shape index (κ2) is 7.25. The maximum Gasteiger partial charge on any atom is 0.241 e. The first-order chi connectivity index (χ1) is 10.1. The van der Waals surface area contributed by atoms with Crippen LogP contribution in [0.3, 0.4) is 0 Å². The fourth-order valence-corrected chi connectivity index (χ4v) is 2.29. The van der Waals surface area contributed by atoms with Crippen LogP contribution in [0.1, 0.15) is 25.5 Å². The molecular formula is C17H19ClN2O. The van der Waals surface area contributed by atoms with Gasteiger partial charge in [-0.05, 0) is 43.7 Å². The van der Waals surface area contributed by atoms with E-state index in [9.17, 15) is 4.79 Å². The smallest absolute Gasteiger partial charge is 0.241 e. The predicted molar refractivity (Wildman–Crippen MR) is 87.5 cm³/mol. The third-order valence-electron chi connectivity index (χ3n) is 3.28. The van der Waals surface area contributed by atoms with Gasteiger partial charge in [0.15, 0.2) is 0 Å². The highest BCUT2D eigenvalue weighted by Crippen LogP contribution is 2.18. The van der Waals surface area contributed by atoms with Crippen molar-refractivity contribution < 1.29 is 4.79 Å².